The molecule has 0 fully saturated rings. The fourth-order valence-corrected chi connectivity index (χ4v) is 4.06. The molecule has 1 aromatic heterocycles. The Balaban J connectivity index is 1.59. The van der Waals surface area contributed by atoms with E-state index in [0.717, 1.165) is 25.9 Å². The lowest BCUT2D eigenvalue weighted by Crippen LogP contribution is -2.19. The van der Waals surface area contributed by atoms with Crippen molar-refractivity contribution < 1.29 is 0 Å². The van der Waals surface area contributed by atoms with Crippen molar-refractivity contribution >= 4 is 11.8 Å². The normalized spacial score (nSPS) is 18.7. The second-order valence-corrected chi connectivity index (χ2v) is 7.07. The number of benzene rings is 1. The summed E-state index contributed by atoms with van der Waals surface area (Å²) in [5, 5.41) is 8.65. The van der Waals surface area contributed by atoms with Crippen molar-refractivity contribution in [1.82, 2.24) is 15.1 Å². The average molecular weight is 301 g/mol. The van der Waals surface area contributed by atoms with E-state index in [0.29, 0.717) is 11.3 Å². The minimum absolute atomic E-state index is 0.382. The predicted molar refractivity (Wildman–Crippen MR) is 88.7 cm³/mol. The summed E-state index contributed by atoms with van der Waals surface area (Å²) in [6.45, 7) is 6.44. The third kappa shape index (κ3) is 3.50. The van der Waals surface area contributed by atoms with Gasteiger partial charge in [0.2, 0.25) is 0 Å². The molecule has 1 N–H and O–H groups in total. The summed E-state index contributed by atoms with van der Waals surface area (Å²) in [7, 11) is 0. The monoisotopic (exact) mass is 301 g/mol. The number of nitrogens with one attached hydrogen (secondary N) is 1. The van der Waals surface area contributed by atoms with Gasteiger partial charge in [0.1, 0.15) is 0 Å². The Bertz CT molecular complexity index is 568. The maximum absolute atomic E-state index is 4.53. The lowest BCUT2D eigenvalue weighted by atomic mass is 10.1. The molecule has 1 aliphatic heterocycles. The number of hydrogen-bond donors (Lipinski definition) is 1. The van der Waals surface area contributed by atoms with Crippen LogP contribution in [0.4, 0.5) is 0 Å². The summed E-state index contributed by atoms with van der Waals surface area (Å²) in [5.41, 5.74) is 2.77. The minimum Gasteiger partial charge on any atom is -0.310 e. The van der Waals surface area contributed by atoms with Gasteiger partial charge in [0.25, 0.3) is 0 Å². The molecular formula is C17H23N3S. The second-order valence-electron chi connectivity index (χ2n) is 5.72. The van der Waals surface area contributed by atoms with Crippen molar-refractivity contribution in [1.29, 1.82) is 0 Å². The molecular weight excluding hydrogens is 278 g/mol. The molecule has 0 saturated carbocycles. The van der Waals surface area contributed by atoms with E-state index in [1.807, 2.05) is 18.0 Å². The molecule has 2 aromatic rings. The van der Waals surface area contributed by atoms with Crippen LogP contribution in [-0.4, -0.2) is 21.6 Å². The van der Waals surface area contributed by atoms with Crippen LogP contribution >= 0.6 is 11.8 Å². The molecule has 0 spiro atoms. The zero-order valence-electron chi connectivity index (χ0n) is 12.7. The van der Waals surface area contributed by atoms with Crippen LogP contribution in [0, 0.1) is 0 Å². The van der Waals surface area contributed by atoms with Gasteiger partial charge in [-0.2, -0.15) is 5.10 Å². The first-order valence-electron chi connectivity index (χ1n) is 7.76. The summed E-state index contributed by atoms with van der Waals surface area (Å²) in [5.74, 6) is 0. The maximum Gasteiger partial charge on any atom is 0.0537 e. The van der Waals surface area contributed by atoms with Crippen molar-refractivity contribution in [3.05, 3.63) is 47.8 Å². The van der Waals surface area contributed by atoms with Gasteiger partial charge in [-0.25, -0.2) is 0 Å². The number of rotatable bonds is 6. The van der Waals surface area contributed by atoms with Gasteiger partial charge in [-0.05, 0) is 37.9 Å². The fraction of sp³-hybridized carbons (Fsp3) is 0.471. The Morgan fingerprint density at radius 3 is 3.10 bits per heavy atom. The molecule has 3 nitrogen and oxygen atoms in total. The molecule has 2 atom stereocenters. The third-order valence-electron chi connectivity index (χ3n) is 3.96. The Morgan fingerprint density at radius 2 is 2.29 bits per heavy atom. The van der Waals surface area contributed by atoms with Crippen molar-refractivity contribution in [2.75, 3.05) is 6.54 Å². The summed E-state index contributed by atoms with van der Waals surface area (Å²) >= 11 is 1.99. The molecule has 0 bridgehead atoms. The topological polar surface area (TPSA) is 29.9 Å². The molecule has 0 aliphatic carbocycles. The number of nitrogens with zero attached hydrogens (tertiary/aromatic N) is 2. The highest BCUT2D eigenvalue weighted by Gasteiger charge is 2.22. The smallest absolute Gasteiger partial charge is 0.0537 e. The van der Waals surface area contributed by atoms with Gasteiger partial charge < -0.3 is 5.32 Å². The Labute approximate surface area is 131 Å². The van der Waals surface area contributed by atoms with Crippen molar-refractivity contribution in [3.63, 3.8) is 0 Å². The van der Waals surface area contributed by atoms with Crippen LogP contribution in [0.3, 0.4) is 0 Å². The van der Waals surface area contributed by atoms with E-state index in [9.17, 15) is 0 Å². The average Bonchev–Trinajstić information content (AvgIpc) is 3.11. The van der Waals surface area contributed by atoms with E-state index < -0.39 is 0 Å². The molecule has 1 aliphatic rings. The number of aromatic nitrogens is 2. The van der Waals surface area contributed by atoms with Crippen LogP contribution in [0.25, 0.3) is 0 Å². The lowest BCUT2D eigenvalue weighted by Gasteiger charge is -2.11. The van der Waals surface area contributed by atoms with Crippen LogP contribution in [-0.2, 0) is 13.0 Å². The largest absolute Gasteiger partial charge is 0.310 e. The standard InChI is InChI=1S/C17H23N3S/c1-3-8-18-13(2)15-10-19-20(11-15)12-16-9-14-6-4-5-7-17(14)21-16/h4-7,10-11,13,16,18H,3,8-9,12H2,1-2H3. The van der Waals surface area contributed by atoms with Crippen LogP contribution in [0.1, 0.15) is 37.4 Å². The first-order valence-corrected chi connectivity index (χ1v) is 8.64. The van der Waals surface area contributed by atoms with Crippen molar-refractivity contribution in [3.8, 4) is 0 Å². The molecule has 112 valence electrons. The predicted octanol–water partition coefficient (Wildman–Crippen LogP) is 3.66. The molecule has 0 saturated heterocycles. The highest BCUT2D eigenvalue weighted by Crippen LogP contribution is 2.37. The van der Waals surface area contributed by atoms with Gasteiger partial charge in [0.15, 0.2) is 0 Å². The number of hydrogen-bond acceptors (Lipinski definition) is 3. The second kappa shape index (κ2) is 6.67. The van der Waals surface area contributed by atoms with E-state index >= 15 is 0 Å². The van der Waals surface area contributed by atoms with Crippen LogP contribution in [0.15, 0.2) is 41.6 Å². The van der Waals surface area contributed by atoms with Crippen molar-refractivity contribution in [2.45, 2.75) is 49.4 Å². The van der Waals surface area contributed by atoms with E-state index in [2.05, 4.69) is 59.4 Å². The molecule has 0 amide bonds. The van der Waals surface area contributed by atoms with Crippen molar-refractivity contribution in [2.24, 2.45) is 0 Å². The zero-order chi connectivity index (χ0) is 14.7. The van der Waals surface area contributed by atoms with E-state index in [-0.39, 0.29) is 0 Å². The highest BCUT2D eigenvalue weighted by molar-refractivity contribution is 8.00. The van der Waals surface area contributed by atoms with E-state index in [1.165, 1.54) is 16.0 Å². The van der Waals surface area contributed by atoms with Gasteiger partial charge in [0.05, 0.1) is 12.7 Å². The Morgan fingerprint density at radius 1 is 1.43 bits per heavy atom. The first kappa shape index (κ1) is 14.7. The fourth-order valence-electron chi connectivity index (χ4n) is 2.75. The van der Waals surface area contributed by atoms with Crippen LogP contribution in [0.5, 0.6) is 0 Å². The lowest BCUT2D eigenvalue weighted by molar-refractivity contribution is 0.565. The number of thioether (sulfide) groups is 1. The molecule has 1 aromatic carbocycles. The van der Waals surface area contributed by atoms with Crippen LogP contribution in [0.2, 0.25) is 0 Å². The SMILES string of the molecule is CCCNC(C)c1cnn(CC2Cc3ccccc3S2)c1. The summed E-state index contributed by atoms with van der Waals surface area (Å²) in [6, 6.07) is 9.11. The summed E-state index contributed by atoms with van der Waals surface area (Å²) in [6.07, 6.45) is 6.51. The van der Waals surface area contributed by atoms with Gasteiger partial charge in [-0.1, -0.05) is 25.1 Å². The molecule has 21 heavy (non-hydrogen) atoms. The van der Waals surface area contributed by atoms with Gasteiger partial charge in [-0.15, -0.1) is 11.8 Å². The zero-order valence-corrected chi connectivity index (χ0v) is 13.6. The quantitative estimate of drug-likeness (QED) is 0.883. The summed E-state index contributed by atoms with van der Waals surface area (Å²) < 4.78 is 2.10. The summed E-state index contributed by atoms with van der Waals surface area (Å²) in [4.78, 5) is 1.44. The number of fused-ring (bicyclic) bond motifs is 1. The third-order valence-corrected chi connectivity index (χ3v) is 5.26. The molecule has 0 radical (unpaired) electrons. The maximum atomic E-state index is 4.53. The van der Waals surface area contributed by atoms with Gasteiger partial charge in [0, 0.05) is 27.9 Å². The van der Waals surface area contributed by atoms with Gasteiger partial charge >= 0.3 is 0 Å². The van der Waals surface area contributed by atoms with Crippen LogP contribution < -0.4 is 5.32 Å². The molecule has 4 heteroatoms. The Hall–Kier alpha value is -1.26. The molecule has 2 unspecified atom stereocenters. The first-order chi connectivity index (χ1) is 10.3. The van der Waals surface area contributed by atoms with Gasteiger partial charge in [-0.3, -0.25) is 4.68 Å². The van der Waals surface area contributed by atoms with E-state index in [1.54, 1.807) is 0 Å². The highest BCUT2D eigenvalue weighted by atomic mass is 32.2. The van der Waals surface area contributed by atoms with E-state index in [4.69, 9.17) is 0 Å². The molecule has 2 heterocycles. The minimum atomic E-state index is 0.382. The molecule has 3 rings (SSSR count). The Kier molecular flexibility index (Phi) is 4.66.